The minimum absolute atomic E-state index is 0.0193. The Morgan fingerprint density at radius 3 is 2.60 bits per heavy atom. The maximum absolute atomic E-state index is 10.9. The Hall–Kier alpha value is -1.67. The van der Waals surface area contributed by atoms with Crippen LogP contribution in [0, 0.1) is 10.1 Å². The largest absolute Gasteiger partial charge is 0.370 e. The highest BCUT2D eigenvalue weighted by molar-refractivity contribution is 9.11. The van der Waals surface area contributed by atoms with Crippen LogP contribution in [0.15, 0.2) is 28.1 Å². The summed E-state index contributed by atoms with van der Waals surface area (Å²) in [7, 11) is 0. The number of halogens is 1. The third-order valence-electron chi connectivity index (χ3n) is 2.45. The number of pyridine rings is 1. The molecule has 0 spiro atoms. The summed E-state index contributed by atoms with van der Waals surface area (Å²) in [4.78, 5) is 15.9. The molecule has 0 saturated carbocycles. The van der Waals surface area contributed by atoms with Gasteiger partial charge in [0.15, 0.2) is 0 Å². The second-order valence-electron chi connectivity index (χ2n) is 3.94. The van der Waals surface area contributed by atoms with Crippen LogP contribution in [0.3, 0.4) is 0 Å². The first-order valence-electron chi connectivity index (χ1n) is 5.97. The normalized spacial score (nSPS) is 10.3. The monoisotopic (exact) mass is 356 g/mol. The van der Waals surface area contributed by atoms with Crippen molar-refractivity contribution in [1.82, 2.24) is 4.98 Å². The lowest BCUT2D eigenvalue weighted by molar-refractivity contribution is -0.384. The summed E-state index contributed by atoms with van der Waals surface area (Å²) in [5.41, 5.74) is 0.0193. The number of nitrogens with one attached hydrogen (secondary N) is 2. The minimum atomic E-state index is -0.421. The highest BCUT2D eigenvalue weighted by atomic mass is 79.9. The first-order valence-corrected chi connectivity index (χ1v) is 7.58. The summed E-state index contributed by atoms with van der Waals surface area (Å²) in [6, 6.07) is 6.82. The van der Waals surface area contributed by atoms with Crippen molar-refractivity contribution in [3.63, 3.8) is 0 Å². The summed E-state index contributed by atoms with van der Waals surface area (Å²) in [5, 5.41) is 17.0. The van der Waals surface area contributed by atoms with E-state index in [1.807, 2.05) is 19.1 Å². The van der Waals surface area contributed by atoms with Crippen molar-refractivity contribution < 1.29 is 4.92 Å². The van der Waals surface area contributed by atoms with E-state index < -0.39 is 4.92 Å². The Balaban J connectivity index is 2.15. The number of aromatic nitrogens is 1. The predicted octanol–water partition coefficient (Wildman–Crippen LogP) is 3.86. The van der Waals surface area contributed by atoms with E-state index in [0.717, 1.165) is 8.66 Å². The van der Waals surface area contributed by atoms with E-state index in [1.165, 1.54) is 12.1 Å². The molecule has 6 nitrogen and oxygen atoms in total. The molecule has 0 amide bonds. The van der Waals surface area contributed by atoms with Gasteiger partial charge < -0.3 is 10.6 Å². The average molecular weight is 357 g/mol. The fraction of sp³-hybridized carbons (Fsp3) is 0.250. The smallest absolute Gasteiger partial charge is 0.276 e. The highest BCUT2D eigenvalue weighted by Crippen LogP contribution is 2.24. The molecule has 0 aromatic carbocycles. The van der Waals surface area contributed by atoms with E-state index in [1.54, 1.807) is 11.3 Å². The molecule has 0 aliphatic heterocycles. The molecule has 2 heterocycles. The topological polar surface area (TPSA) is 80.1 Å². The first-order chi connectivity index (χ1) is 9.58. The summed E-state index contributed by atoms with van der Waals surface area (Å²) in [6.07, 6.45) is 0. The maximum atomic E-state index is 10.9. The summed E-state index contributed by atoms with van der Waals surface area (Å²) in [5.74, 6) is 0.983. The molecule has 2 aromatic rings. The molecule has 20 heavy (non-hydrogen) atoms. The molecule has 0 saturated heterocycles. The molecular formula is C12H13BrN4O2S. The Bertz CT molecular complexity index is 617. The first kappa shape index (κ1) is 14.7. The van der Waals surface area contributed by atoms with Crippen molar-refractivity contribution in [3.05, 3.63) is 43.0 Å². The molecule has 8 heteroatoms. The van der Waals surface area contributed by atoms with Crippen molar-refractivity contribution in [1.29, 1.82) is 0 Å². The van der Waals surface area contributed by atoms with Gasteiger partial charge >= 0.3 is 0 Å². The van der Waals surface area contributed by atoms with Crippen LogP contribution in [-0.4, -0.2) is 16.5 Å². The summed E-state index contributed by atoms with van der Waals surface area (Å²) >= 11 is 5.01. The number of hydrogen-bond acceptors (Lipinski definition) is 6. The number of hydrogen-bond donors (Lipinski definition) is 2. The molecule has 2 rings (SSSR count). The number of anilines is 2. The van der Waals surface area contributed by atoms with Gasteiger partial charge in [0.25, 0.3) is 5.69 Å². The zero-order chi connectivity index (χ0) is 14.5. The summed E-state index contributed by atoms with van der Waals surface area (Å²) < 4.78 is 1.05. The van der Waals surface area contributed by atoms with Gasteiger partial charge in [0, 0.05) is 11.4 Å². The number of rotatable bonds is 6. The van der Waals surface area contributed by atoms with Crippen molar-refractivity contribution in [3.8, 4) is 0 Å². The van der Waals surface area contributed by atoms with Crippen molar-refractivity contribution >= 4 is 44.6 Å². The van der Waals surface area contributed by atoms with Crippen molar-refractivity contribution in [2.45, 2.75) is 13.5 Å². The fourth-order valence-electron chi connectivity index (χ4n) is 1.61. The molecule has 2 N–H and O–H groups in total. The van der Waals surface area contributed by atoms with Gasteiger partial charge in [-0.05, 0) is 35.0 Å². The SMILES string of the molecule is CCNc1cc([N+](=O)[O-])cc(NCc2ccc(Br)s2)n1. The number of nitrogens with zero attached hydrogens (tertiary/aromatic N) is 2. The molecule has 0 unspecified atom stereocenters. The molecule has 0 aliphatic carbocycles. The van der Waals surface area contributed by atoms with Crippen LogP contribution in [0.25, 0.3) is 0 Å². The van der Waals surface area contributed by atoms with Gasteiger partial charge in [0.1, 0.15) is 11.6 Å². The van der Waals surface area contributed by atoms with Gasteiger partial charge in [0.2, 0.25) is 0 Å². The van der Waals surface area contributed by atoms with E-state index in [0.29, 0.717) is 24.7 Å². The van der Waals surface area contributed by atoms with Gasteiger partial charge in [-0.25, -0.2) is 4.98 Å². The van der Waals surface area contributed by atoms with Crippen LogP contribution < -0.4 is 10.6 Å². The number of thiophene rings is 1. The van der Waals surface area contributed by atoms with Gasteiger partial charge in [-0.3, -0.25) is 10.1 Å². The zero-order valence-electron chi connectivity index (χ0n) is 10.7. The van der Waals surface area contributed by atoms with Crippen molar-refractivity contribution in [2.75, 3.05) is 17.2 Å². The van der Waals surface area contributed by atoms with Crippen molar-refractivity contribution in [2.24, 2.45) is 0 Å². The molecular weight excluding hydrogens is 344 g/mol. The quantitative estimate of drug-likeness (QED) is 0.606. The molecule has 0 radical (unpaired) electrons. The third-order valence-corrected chi connectivity index (χ3v) is 4.08. The van der Waals surface area contributed by atoms with E-state index in [9.17, 15) is 10.1 Å². The Morgan fingerprint density at radius 2 is 2.05 bits per heavy atom. The van der Waals surface area contributed by atoms with Crippen LogP contribution in [0.1, 0.15) is 11.8 Å². The molecule has 106 valence electrons. The zero-order valence-corrected chi connectivity index (χ0v) is 13.1. The predicted molar refractivity (Wildman–Crippen MR) is 84.4 cm³/mol. The van der Waals surface area contributed by atoms with Crippen LogP contribution >= 0.6 is 27.3 Å². The van der Waals surface area contributed by atoms with Gasteiger partial charge in [0.05, 0.1) is 27.4 Å². The molecule has 0 fully saturated rings. The number of nitro groups is 1. The summed E-state index contributed by atoms with van der Waals surface area (Å²) in [6.45, 7) is 3.15. The molecule has 2 aromatic heterocycles. The maximum Gasteiger partial charge on any atom is 0.276 e. The molecule has 0 aliphatic rings. The lowest BCUT2D eigenvalue weighted by Crippen LogP contribution is -2.05. The minimum Gasteiger partial charge on any atom is -0.370 e. The fourth-order valence-corrected chi connectivity index (χ4v) is 3.03. The molecule has 0 bridgehead atoms. The molecule has 0 atom stereocenters. The Morgan fingerprint density at radius 1 is 1.35 bits per heavy atom. The third kappa shape index (κ3) is 3.91. The Kier molecular flexibility index (Phi) is 4.91. The second kappa shape index (κ2) is 6.67. The van der Waals surface area contributed by atoms with Gasteiger partial charge in [-0.15, -0.1) is 11.3 Å². The van der Waals surface area contributed by atoms with Crippen LogP contribution in [0.4, 0.5) is 17.3 Å². The second-order valence-corrected chi connectivity index (χ2v) is 6.49. The standard InChI is InChI=1S/C12H13BrN4O2S/c1-2-14-11-5-8(17(18)19)6-12(16-11)15-7-9-3-4-10(13)20-9/h3-6H,2,7H2,1H3,(H2,14,15,16). The lowest BCUT2D eigenvalue weighted by atomic mass is 10.3. The Labute approximate surface area is 128 Å². The van der Waals surface area contributed by atoms with Crippen LogP contribution in [-0.2, 0) is 6.54 Å². The average Bonchev–Trinajstić information content (AvgIpc) is 2.82. The van der Waals surface area contributed by atoms with Gasteiger partial charge in [-0.2, -0.15) is 0 Å². The lowest BCUT2D eigenvalue weighted by Gasteiger charge is -2.07. The van der Waals surface area contributed by atoms with Crippen LogP contribution in [0.2, 0.25) is 0 Å². The van der Waals surface area contributed by atoms with E-state index in [2.05, 4.69) is 31.5 Å². The highest BCUT2D eigenvalue weighted by Gasteiger charge is 2.11. The van der Waals surface area contributed by atoms with E-state index >= 15 is 0 Å². The van der Waals surface area contributed by atoms with Crippen LogP contribution in [0.5, 0.6) is 0 Å². The van der Waals surface area contributed by atoms with E-state index in [-0.39, 0.29) is 5.69 Å². The van der Waals surface area contributed by atoms with Gasteiger partial charge in [-0.1, -0.05) is 0 Å². The van der Waals surface area contributed by atoms with E-state index in [4.69, 9.17) is 0 Å².